The van der Waals surface area contributed by atoms with Gasteiger partial charge in [-0.3, -0.25) is 19.4 Å². The van der Waals surface area contributed by atoms with Gasteiger partial charge in [-0.2, -0.15) is 0 Å². The standard InChI is InChI=1S/C28H22Cl2N2O6/c1-15(2)27(35)37-13-31-23(17-5-9-19(29)10-6-17)21-22(25(31)33)24(18-7-11-20(30)12-8-18)32(26(21)34)14-38-28(36)16(3)4/h5-12H,1,3,13-14H2,2,4H3. The van der Waals surface area contributed by atoms with E-state index in [9.17, 15) is 19.2 Å². The Labute approximate surface area is 229 Å². The smallest absolute Gasteiger partial charge is 0.334 e. The zero-order valence-electron chi connectivity index (χ0n) is 20.5. The zero-order chi connectivity index (χ0) is 27.7. The maximum atomic E-state index is 13.9. The van der Waals surface area contributed by atoms with E-state index in [2.05, 4.69) is 13.2 Å². The Hall–Kier alpha value is -4.14. The minimum atomic E-state index is -0.693. The second-order valence-electron chi connectivity index (χ2n) is 8.61. The Morgan fingerprint density at radius 1 is 0.684 bits per heavy atom. The highest BCUT2D eigenvalue weighted by Gasteiger charge is 2.49. The second-order valence-corrected chi connectivity index (χ2v) is 9.48. The molecule has 0 N–H and O–H groups in total. The molecule has 2 aromatic rings. The van der Waals surface area contributed by atoms with Gasteiger partial charge in [0.05, 0.1) is 22.5 Å². The van der Waals surface area contributed by atoms with Gasteiger partial charge in [0.2, 0.25) is 0 Å². The Morgan fingerprint density at radius 3 is 1.29 bits per heavy atom. The van der Waals surface area contributed by atoms with E-state index in [1.54, 1.807) is 48.5 Å². The lowest BCUT2D eigenvalue weighted by Gasteiger charge is -2.25. The lowest BCUT2D eigenvalue weighted by Crippen LogP contribution is -2.33. The van der Waals surface area contributed by atoms with Crippen LogP contribution in [-0.2, 0) is 28.7 Å². The fraction of sp³-hybridized carbons (Fsp3) is 0.143. The maximum absolute atomic E-state index is 13.9. The highest BCUT2D eigenvalue weighted by molar-refractivity contribution is 6.32. The number of nitrogens with zero attached hydrogens (tertiary/aromatic N) is 2. The molecule has 0 aromatic heterocycles. The van der Waals surface area contributed by atoms with E-state index in [1.807, 2.05) is 0 Å². The summed E-state index contributed by atoms with van der Waals surface area (Å²) < 4.78 is 10.6. The van der Waals surface area contributed by atoms with E-state index in [1.165, 1.54) is 23.6 Å². The molecule has 2 aliphatic heterocycles. The van der Waals surface area contributed by atoms with Crippen molar-refractivity contribution < 1.29 is 28.7 Å². The molecule has 38 heavy (non-hydrogen) atoms. The van der Waals surface area contributed by atoms with Crippen molar-refractivity contribution in [1.82, 2.24) is 9.80 Å². The average molecular weight is 553 g/mol. The first-order valence-corrected chi connectivity index (χ1v) is 12.1. The van der Waals surface area contributed by atoms with Crippen LogP contribution in [0.15, 0.2) is 84.0 Å². The largest absolute Gasteiger partial charge is 0.440 e. The summed E-state index contributed by atoms with van der Waals surface area (Å²) in [5.41, 5.74) is 1.87. The molecule has 4 rings (SSSR count). The molecular formula is C28H22Cl2N2O6. The Balaban J connectivity index is 1.90. The van der Waals surface area contributed by atoms with Crippen LogP contribution in [0.4, 0.5) is 0 Å². The van der Waals surface area contributed by atoms with Gasteiger partial charge in [0.25, 0.3) is 11.8 Å². The fourth-order valence-electron chi connectivity index (χ4n) is 3.95. The summed E-state index contributed by atoms with van der Waals surface area (Å²) in [4.78, 5) is 54.4. The van der Waals surface area contributed by atoms with E-state index in [0.29, 0.717) is 21.2 Å². The molecule has 2 aliphatic rings. The zero-order valence-corrected chi connectivity index (χ0v) is 22.1. The van der Waals surface area contributed by atoms with Crippen LogP contribution in [0.5, 0.6) is 0 Å². The number of ether oxygens (including phenoxy) is 2. The molecule has 10 heteroatoms. The summed E-state index contributed by atoms with van der Waals surface area (Å²) >= 11 is 12.1. The number of benzene rings is 2. The van der Waals surface area contributed by atoms with Crippen molar-refractivity contribution in [3.8, 4) is 0 Å². The lowest BCUT2D eigenvalue weighted by molar-refractivity contribution is -0.146. The quantitative estimate of drug-likeness (QED) is 0.339. The van der Waals surface area contributed by atoms with Crippen molar-refractivity contribution in [1.29, 1.82) is 0 Å². The number of esters is 2. The van der Waals surface area contributed by atoms with Gasteiger partial charge in [-0.25, -0.2) is 9.59 Å². The van der Waals surface area contributed by atoms with Crippen molar-refractivity contribution in [3.63, 3.8) is 0 Å². The number of hydrogen-bond acceptors (Lipinski definition) is 6. The number of halogens is 2. The van der Waals surface area contributed by atoms with Crippen molar-refractivity contribution in [2.75, 3.05) is 13.5 Å². The molecule has 0 bridgehead atoms. The third-order valence-corrected chi connectivity index (χ3v) is 6.27. The lowest BCUT2D eigenvalue weighted by atomic mass is 10.0. The Kier molecular flexibility index (Phi) is 7.57. The third kappa shape index (κ3) is 5.01. The molecule has 0 atom stereocenters. The number of fused-ring (bicyclic) bond motifs is 1. The van der Waals surface area contributed by atoms with Crippen LogP contribution in [0.3, 0.4) is 0 Å². The SMILES string of the molecule is C=C(C)C(=O)OCN1C(=O)C2=C(c3ccc(Cl)cc3)N(COC(=O)C(=C)C)C(=O)C2=C1c1ccc(Cl)cc1. The summed E-state index contributed by atoms with van der Waals surface area (Å²) in [7, 11) is 0. The predicted molar refractivity (Wildman–Crippen MR) is 142 cm³/mol. The van der Waals surface area contributed by atoms with Gasteiger partial charge in [-0.05, 0) is 49.2 Å². The Morgan fingerprint density at radius 2 is 1.00 bits per heavy atom. The molecule has 0 unspecified atom stereocenters. The van der Waals surface area contributed by atoms with Gasteiger partial charge in [-0.1, -0.05) is 60.6 Å². The van der Waals surface area contributed by atoms with Crippen LogP contribution < -0.4 is 0 Å². The highest BCUT2D eigenvalue weighted by Crippen LogP contribution is 2.46. The van der Waals surface area contributed by atoms with Crippen molar-refractivity contribution >= 4 is 58.3 Å². The summed E-state index contributed by atoms with van der Waals surface area (Å²) in [6.07, 6.45) is 0. The first-order chi connectivity index (χ1) is 18.0. The van der Waals surface area contributed by atoms with Crippen LogP contribution in [-0.4, -0.2) is 47.0 Å². The van der Waals surface area contributed by atoms with Crippen LogP contribution in [0.25, 0.3) is 11.4 Å². The van der Waals surface area contributed by atoms with E-state index in [-0.39, 0.29) is 33.7 Å². The molecule has 0 fully saturated rings. The normalized spacial score (nSPS) is 14.7. The van der Waals surface area contributed by atoms with Crippen LogP contribution in [0.1, 0.15) is 25.0 Å². The highest BCUT2D eigenvalue weighted by atomic mass is 35.5. The number of hydrogen-bond donors (Lipinski definition) is 0. The van der Waals surface area contributed by atoms with Gasteiger partial charge in [0.1, 0.15) is 0 Å². The van der Waals surface area contributed by atoms with Gasteiger partial charge < -0.3 is 9.47 Å². The van der Waals surface area contributed by atoms with Gasteiger partial charge in [0, 0.05) is 21.2 Å². The second kappa shape index (κ2) is 10.7. The number of carbonyl (C=O) groups excluding carboxylic acids is 4. The van der Waals surface area contributed by atoms with E-state index >= 15 is 0 Å². The molecule has 8 nitrogen and oxygen atoms in total. The van der Waals surface area contributed by atoms with Gasteiger partial charge >= 0.3 is 11.9 Å². The summed E-state index contributed by atoms with van der Waals surface area (Å²) in [5.74, 6) is -2.54. The first kappa shape index (κ1) is 26.9. The van der Waals surface area contributed by atoms with Gasteiger partial charge in [-0.15, -0.1) is 0 Å². The van der Waals surface area contributed by atoms with E-state index in [4.69, 9.17) is 32.7 Å². The average Bonchev–Trinajstić information content (AvgIpc) is 3.32. The van der Waals surface area contributed by atoms with Crippen molar-refractivity contribution in [2.45, 2.75) is 13.8 Å². The van der Waals surface area contributed by atoms with Crippen molar-refractivity contribution in [3.05, 3.63) is 105 Å². The summed E-state index contributed by atoms with van der Waals surface area (Å²) in [6.45, 7) is 9.17. The first-order valence-electron chi connectivity index (χ1n) is 11.3. The molecule has 2 aromatic carbocycles. The number of amides is 2. The molecule has 2 heterocycles. The van der Waals surface area contributed by atoms with E-state index in [0.717, 1.165) is 0 Å². The van der Waals surface area contributed by atoms with E-state index < -0.39 is 37.2 Å². The monoisotopic (exact) mass is 552 g/mol. The topological polar surface area (TPSA) is 93.2 Å². The van der Waals surface area contributed by atoms with Crippen LogP contribution >= 0.6 is 23.2 Å². The van der Waals surface area contributed by atoms with Gasteiger partial charge in [0.15, 0.2) is 13.5 Å². The fourth-order valence-corrected chi connectivity index (χ4v) is 4.20. The molecule has 0 saturated carbocycles. The summed E-state index contributed by atoms with van der Waals surface area (Å²) in [6, 6.07) is 13.0. The Bertz CT molecular complexity index is 1340. The predicted octanol–water partition coefficient (Wildman–Crippen LogP) is 4.95. The van der Waals surface area contributed by atoms with Crippen molar-refractivity contribution in [2.24, 2.45) is 0 Å². The molecule has 194 valence electrons. The molecular weight excluding hydrogens is 531 g/mol. The molecule has 0 saturated heterocycles. The maximum Gasteiger partial charge on any atom is 0.334 e. The molecule has 2 amide bonds. The third-order valence-electron chi connectivity index (χ3n) is 5.76. The molecule has 0 spiro atoms. The van der Waals surface area contributed by atoms with Crippen LogP contribution in [0.2, 0.25) is 10.0 Å². The minimum Gasteiger partial charge on any atom is -0.440 e. The molecule has 0 aliphatic carbocycles. The number of carbonyl (C=O) groups is 4. The summed E-state index contributed by atoms with van der Waals surface area (Å²) in [5, 5.41) is 0.903. The van der Waals surface area contributed by atoms with Crippen LogP contribution in [0, 0.1) is 0 Å². The minimum absolute atomic E-state index is 0.0695. The number of rotatable bonds is 8. The molecule has 0 radical (unpaired) electrons.